The van der Waals surface area contributed by atoms with Crippen molar-refractivity contribution < 1.29 is 18.7 Å². The summed E-state index contributed by atoms with van der Waals surface area (Å²) in [6.45, 7) is 5.19. The first-order valence-corrected chi connectivity index (χ1v) is 13.5. The molecular weight excluding hydrogens is 469 g/mol. The van der Waals surface area contributed by atoms with E-state index in [9.17, 15) is 9.18 Å². The number of fused-ring (bicyclic) bond motifs is 2. The third-order valence-corrected chi connectivity index (χ3v) is 7.82. The Kier molecular flexibility index (Phi) is 6.87. The number of nitrogens with one attached hydrogen (secondary N) is 1. The van der Waals surface area contributed by atoms with Gasteiger partial charge in [-0.25, -0.2) is 4.39 Å². The van der Waals surface area contributed by atoms with E-state index in [0.717, 1.165) is 43.9 Å². The van der Waals surface area contributed by atoms with Gasteiger partial charge in [0.2, 0.25) is 5.91 Å². The van der Waals surface area contributed by atoms with Gasteiger partial charge in [0.15, 0.2) is 17.3 Å². The Bertz CT molecular complexity index is 1280. The van der Waals surface area contributed by atoms with E-state index in [2.05, 4.69) is 57.6 Å². The number of carbonyl (C=O) groups excluding carboxylic acids is 1. The molecule has 3 aliphatic heterocycles. The number of ether oxygens (including phenoxy) is 2. The predicted molar refractivity (Wildman–Crippen MR) is 143 cm³/mol. The van der Waals surface area contributed by atoms with Gasteiger partial charge in [0.1, 0.15) is 13.2 Å². The first-order valence-electron chi connectivity index (χ1n) is 13.5. The van der Waals surface area contributed by atoms with Gasteiger partial charge in [-0.3, -0.25) is 4.79 Å². The van der Waals surface area contributed by atoms with Crippen molar-refractivity contribution in [2.45, 2.75) is 31.7 Å². The van der Waals surface area contributed by atoms with Crippen LogP contribution in [0.25, 0.3) is 10.8 Å². The van der Waals surface area contributed by atoms with Crippen LogP contribution in [0.2, 0.25) is 0 Å². The maximum Gasteiger partial charge on any atom is 0.225 e. The van der Waals surface area contributed by atoms with Crippen LogP contribution >= 0.6 is 0 Å². The van der Waals surface area contributed by atoms with Crippen LogP contribution in [0, 0.1) is 11.7 Å². The molecule has 2 atom stereocenters. The third-order valence-electron chi connectivity index (χ3n) is 7.82. The van der Waals surface area contributed by atoms with E-state index in [0.29, 0.717) is 31.9 Å². The Hall–Kier alpha value is -3.32. The molecule has 6 nitrogen and oxygen atoms in total. The highest BCUT2D eigenvalue weighted by molar-refractivity contribution is 5.86. The molecule has 1 unspecified atom stereocenters. The van der Waals surface area contributed by atoms with E-state index in [-0.39, 0.29) is 23.6 Å². The second-order valence-electron chi connectivity index (χ2n) is 10.5. The Morgan fingerprint density at radius 1 is 1.00 bits per heavy atom. The fourth-order valence-electron chi connectivity index (χ4n) is 5.91. The maximum atomic E-state index is 14.7. The molecule has 194 valence electrons. The molecule has 0 aromatic heterocycles. The summed E-state index contributed by atoms with van der Waals surface area (Å²) in [6.07, 6.45) is 3.75. The fraction of sp³-hybridized carbons (Fsp3) is 0.433. The summed E-state index contributed by atoms with van der Waals surface area (Å²) in [5.74, 6) is 0.263. The fourth-order valence-corrected chi connectivity index (χ4v) is 5.91. The number of likely N-dealkylation sites (tertiary alicyclic amines) is 1. The highest BCUT2D eigenvalue weighted by atomic mass is 19.1. The largest absolute Gasteiger partial charge is 0.486 e. The van der Waals surface area contributed by atoms with E-state index >= 15 is 0 Å². The van der Waals surface area contributed by atoms with Crippen LogP contribution in [0.1, 0.15) is 24.8 Å². The molecule has 0 aliphatic carbocycles. The average Bonchev–Trinajstić information content (AvgIpc) is 3.61. The molecule has 3 aromatic carbocycles. The smallest absolute Gasteiger partial charge is 0.225 e. The zero-order valence-electron chi connectivity index (χ0n) is 21.1. The number of carbonyl (C=O) groups is 1. The van der Waals surface area contributed by atoms with Gasteiger partial charge in [-0.05, 0) is 79.4 Å². The molecule has 6 rings (SSSR count). The Balaban J connectivity index is 1.14. The molecule has 7 heteroatoms. The lowest BCUT2D eigenvalue weighted by atomic mass is 10.0. The second-order valence-corrected chi connectivity index (χ2v) is 10.5. The molecule has 2 fully saturated rings. The van der Waals surface area contributed by atoms with E-state index in [1.165, 1.54) is 29.7 Å². The van der Waals surface area contributed by atoms with Crippen LogP contribution < -0.4 is 19.7 Å². The quantitative estimate of drug-likeness (QED) is 0.518. The van der Waals surface area contributed by atoms with E-state index in [1.807, 2.05) is 6.07 Å². The first-order chi connectivity index (χ1) is 18.1. The number of amides is 1. The number of nitrogens with zero attached hydrogens (tertiary/aromatic N) is 2. The van der Waals surface area contributed by atoms with Crippen LogP contribution in [0.4, 0.5) is 10.1 Å². The number of benzene rings is 3. The van der Waals surface area contributed by atoms with Crippen molar-refractivity contribution in [1.29, 1.82) is 0 Å². The summed E-state index contributed by atoms with van der Waals surface area (Å²) < 4.78 is 25.8. The molecule has 0 spiro atoms. The van der Waals surface area contributed by atoms with Crippen molar-refractivity contribution >= 4 is 22.4 Å². The number of rotatable bonds is 7. The summed E-state index contributed by atoms with van der Waals surface area (Å²) in [6, 6.07) is 18.1. The molecule has 0 bridgehead atoms. The van der Waals surface area contributed by atoms with Crippen molar-refractivity contribution in [3.63, 3.8) is 0 Å². The second kappa shape index (κ2) is 10.6. The van der Waals surface area contributed by atoms with Gasteiger partial charge >= 0.3 is 0 Å². The lowest BCUT2D eigenvalue weighted by molar-refractivity contribution is -0.125. The highest BCUT2D eigenvalue weighted by Gasteiger charge is 2.31. The Morgan fingerprint density at radius 2 is 1.81 bits per heavy atom. The molecule has 1 amide bonds. The summed E-state index contributed by atoms with van der Waals surface area (Å²) in [4.78, 5) is 18.1. The topological polar surface area (TPSA) is 54.0 Å². The number of anilines is 1. The summed E-state index contributed by atoms with van der Waals surface area (Å²) >= 11 is 0. The van der Waals surface area contributed by atoms with E-state index in [1.54, 1.807) is 0 Å². The first kappa shape index (κ1) is 24.0. The van der Waals surface area contributed by atoms with Crippen LogP contribution in [0.15, 0.2) is 54.6 Å². The zero-order chi connectivity index (χ0) is 25.2. The molecule has 2 saturated heterocycles. The average molecular weight is 504 g/mol. The van der Waals surface area contributed by atoms with Crippen molar-refractivity contribution in [1.82, 2.24) is 10.2 Å². The van der Waals surface area contributed by atoms with Crippen LogP contribution in [0.5, 0.6) is 11.5 Å². The number of hydrogen-bond donors (Lipinski definition) is 1. The Morgan fingerprint density at radius 3 is 2.68 bits per heavy atom. The highest BCUT2D eigenvalue weighted by Crippen LogP contribution is 2.34. The summed E-state index contributed by atoms with van der Waals surface area (Å²) in [5, 5.41) is 5.77. The minimum Gasteiger partial charge on any atom is -0.486 e. The monoisotopic (exact) mass is 503 g/mol. The normalized spacial score (nSPS) is 20.4. The van der Waals surface area contributed by atoms with Gasteiger partial charge in [0.05, 0.1) is 5.92 Å². The van der Waals surface area contributed by atoms with Crippen LogP contribution in [0.3, 0.4) is 0 Å². The van der Waals surface area contributed by atoms with Crippen LogP contribution in [-0.4, -0.2) is 62.8 Å². The SMILES string of the molecule is O=C(NC(Cc1cc(F)c2c(c1)OCCO2)CN1CCCC1)[C@@H]1CCN(c2ccc3ccccc3c2)C1. The lowest BCUT2D eigenvalue weighted by Crippen LogP contribution is -2.47. The van der Waals surface area contributed by atoms with Gasteiger partial charge < -0.3 is 24.6 Å². The number of halogens is 1. The molecule has 0 saturated carbocycles. The summed E-state index contributed by atoms with van der Waals surface area (Å²) in [5.41, 5.74) is 1.98. The van der Waals surface area contributed by atoms with Crippen LogP contribution in [-0.2, 0) is 11.2 Å². The maximum absolute atomic E-state index is 14.7. The minimum absolute atomic E-state index is 0.0652. The molecule has 1 N–H and O–H groups in total. The number of hydrogen-bond acceptors (Lipinski definition) is 5. The zero-order valence-corrected chi connectivity index (χ0v) is 21.1. The molecule has 3 heterocycles. The van der Waals surface area contributed by atoms with E-state index in [4.69, 9.17) is 9.47 Å². The molecule has 37 heavy (non-hydrogen) atoms. The molecule has 3 aromatic rings. The van der Waals surface area contributed by atoms with Gasteiger partial charge in [0, 0.05) is 31.4 Å². The molecular formula is C30H34FN3O3. The standard InChI is InChI=1S/C30H34FN3O3/c31-27-16-21(17-28-29(27)37-14-13-36-28)15-25(20-33-10-3-4-11-33)32-30(35)24-9-12-34(19-24)26-8-7-22-5-1-2-6-23(22)18-26/h1-2,5-8,16-18,24-25H,3-4,9-15,19-20H2,(H,32,35)/t24-,25?/m1/s1. The van der Waals surface area contributed by atoms with Crippen molar-refractivity contribution in [3.8, 4) is 11.5 Å². The van der Waals surface area contributed by atoms with Crippen molar-refractivity contribution in [2.24, 2.45) is 5.92 Å². The lowest BCUT2D eigenvalue weighted by Gasteiger charge is -2.27. The van der Waals surface area contributed by atoms with Gasteiger partial charge in [0.25, 0.3) is 0 Å². The molecule has 0 radical (unpaired) electrons. The van der Waals surface area contributed by atoms with Gasteiger partial charge in [-0.2, -0.15) is 0 Å². The van der Waals surface area contributed by atoms with Crippen molar-refractivity contribution in [3.05, 3.63) is 66.0 Å². The van der Waals surface area contributed by atoms with Gasteiger partial charge in [-0.1, -0.05) is 30.3 Å². The Labute approximate surface area is 217 Å². The molecule has 3 aliphatic rings. The van der Waals surface area contributed by atoms with E-state index < -0.39 is 5.82 Å². The minimum atomic E-state index is -0.403. The van der Waals surface area contributed by atoms with Gasteiger partial charge in [-0.15, -0.1) is 0 Å². The summed E-state index contributed by atoms with van der Waals surface area (Å²) in [7, 11) is 0. The third kappa shape index (κ3) is 5.37. The predicted octanol–water partition coefficient (Wildman–Crippen LogP) is 4.40. The van der Waals surface area contributed by atoms with Crippen molar-refractivity contribution in [2.75, 3.05) is 50.8 Å².